The Balaban J connectivity index is 2.13. The number of hydrogen-bond donors (Lipinski definition) is 3. The van der Waals surface area contributed by atoms with Gasteiger partial charge in [-0.25, -0.2) is 18.1 Å². The molecule has 0 aliphatic carbocycles. The SMILES string of the molecule is Cc1[nH]nc(CO)c1S(=O)(=O)NCC(C)c1nccs1. The van der Waals surface area contributed by atoms with Crippen LogP contribution in [0.3, 0.4) is 0 Å². The molecule has 0 aliphatic heterocycles. The fourth-order valence-corrected chi connectivity index (χ4v) is 3.99. The van der Waals surface area contributed by atoms with Crippen molar-refractivity contribution in [3.8, 4) is 0 Å². The Kier molecular flexibility index (Phi) is 4.53. The van der Waals surface area contributed by atoms with Gasteiger partial charge in [-0.3, -0.25) is 5.10 Å². The van der Waals surface area contributed by atoms with Crippen LogP contribution in [0.1, 0.15) is 29.2 Å². The molecule has 0 spiro atoms. The van der Waals surface area contributed by atoms with E-state index in [-0.39, 0.29) is 23.1 Å². The highest BCUT2D eigenvalue weighted by Gasteiger charge is 2.24. The normalized spacial score (nSPS) is 13.6. The van der Waals surface area contributed by atoms with Crippen LogP contribution in [0.25, 0.3) is 0 Å². The predicted molar refractivity (Wildman–Crippen MR) is 75.0 cm³/mol. The Morgan fingerprint density at radius 3 is 2.90 bits per heavy atom. The molecule has 0 aromatic carbocycles. The van der Waals surface area contributed by atoms with E-state index in [9.17, 15) is 8.42 Å². The van der Waals surface area contributed by atoms with Crippen LogP contribution in [0.15, 0.2) is 16.5 Å². The number of hydrogen-bond acceptors (Lipinski definition) is 6. The standard InChI is InChI=1S/C11H16N4O3S2/c1-7(11-12-3-4-19-11)5-13-20(17,18)10-8(2)14-15-9(10)6-16/h3-4,7,13,16H,5-6H2,1-2H3,(H,14,15). The highest BCUT2D eigenvalue weighted by atomic mass is 32.2. The number of H-pyrrole nitrogens is 1. The van der Waals surface area contributed by atoms with Crippen molar-refractivity contribution in [3.63, 3.8) is 0 Å². The van der Waals surface area contributed by atoms with Crippen molar-refractivity contribution >= 4 is 21.4 Å². The number of nitrogens with one attached hydrogen (secondary N) is 2. The van der Waals surface area contributed by atoms with E-state index in [1.165, 1.54) is 11.3 Å². The summed E-state index contributed by atoms with van der Waals surface area (Å²) in [5, 5.41) is 18.2. The third-order valence-corrected chi connectivity index (χ3v) is 5.47. The molecule has 7 nitrogen and oxygen atoms in total. The largest absolute Gasteiger partial charge is 0.390 e. The van der Waals surface area contributed by atoms with E-state index in [1.54, 1.807) is 13.1 Å². The summed E-state index contributed by atoms with van der Waals surface area (Å²) in [5.74, 6) is -0.0189. The maximum Gasteiger partial charge on any atom is 0.244 e. The van der Waals surface area contributed by atoms with Crippen LogP contribution in [0.2, 0.25) is 0 Å². The van der Waals surface area contributed by atoms with Crippen molar-refractivity contribution in [1.82, 2.24) is 19.9 Å². The first kappa shape index (κ1) is 15.1. The average molecular weight is 316 g/mol. The molecule has 0 bridgehead atoms. The van der Waals surface area contributed by atoms with Crippen molar-refractivity contribution < 1.29 is 13.5 Å². The molecule has 3 N–H and O–H groups in total. The molecule has 1 atom stereocenters. The zero-order valence-corrected chi connectivity index (χ0v) is 12.8. The van der Waals surface area contributed by atoms with Crippen molar-refractivity contribution in [1.29, 1.82) is 0 Å². The minimum absolute atomic E-state index is 0.0189. The van der Waals surface area contributed by atoms with Gasteiger partial charge in [0, 0.05) is 24.0 Å². The molecule has 110 valence electrons. The topological polar surface area (TPSA) is 108 Å². The average Bonchev–Trinajstić information content (AvgIpc) is 3.05. The molecule has 2 aromatic rings. The van der Waals surface area contributed by atoms with E-state index in [2.05, 4.69) is 19.9 Å². The van der Waals surface area contributed by atoms with E-state index < -0.39 is 16.6 Å². The molecule has 20 heavy (non-hydrogen) atoms. The summed E-state index contributed by atoms with van der Waals surface area (Å²) in [6.07, 6.45) is 1.69. The summed E-state index contributed by atoms with van der Waals surface area (Å²) in [7, 11) is -3.70. The van der Waals surface area contributed by atoms with Crippen molar-refractivity contribution in [2.45, 2.75) is 31.3 Å². The minimum Gasteiger partial charge on any atom is -0.390 e. The lowest BCUT2D eigenvalue weighted by Gasteiger charge is -2.11. The van der Waals surface area contributed by atoms with Crippen molar-refractivity contribution in [2.24, 2.45) is 0 Å². The molecule has 0 saturated carbocycles. The fourth-order valence-electron chi connectivity index (χ4n) is 1.81. The minimum atomic E-state index is -3.70. The van der Waals surface area contributed by atoms with Gasteiger partial charge in [-0.2, -0.15) is 5.10 Å². The van der Waals surface area contributed by atoms with E-state index in [0.717, 1.165) is 5.01 Å². The third kappa shape index (κ3) is 3.06. The van der Waals surface area contributed by atoms with Gasteiger partial charge in [0.2, 0.25) is 10.0 Å². The van der Waals surface area contributed by atoms with E-state index in [0.29, 0.717) is 5.69 Å². The number of sulfonamides is 1. The number of aromatic nitrogens is 3. The number of aliphatic hydroxyl groups is 1. The molecule has 1 unspecified atom stereocenters. The highest BCUT2D eigenvalue weighted by molar-refractivity contribution is 7.89. The Morgan fingerprint density at radius 1 is 1.55 bits per heavy atom. The van der Waals surface area contributed by atoms with Crippen LogP contribution in [-0.2, 0) is 16.6 Å². The van der Waals surface area contributed by atoms with Crippen LogP contribution < -0.4 is 4.72 Å². The van der Waals surface area contributed by atoms with Gasteiger partial charge >= 0.3 is 0 Å². The smallest absolute Gasteiger partial charge is 0.244 e. The van der Waals surface area contributed by atoms with Gasteiger partial charge in [-0.15, -0.1) is 11.3 Å². The van der Waals surface area contributed by atoms with Crippen LogP contribution in [0.5, 0.6) is 0 Å². The Labute approximate surface area is 121 Å². The quantitative estimate of drug-likeness (QED) is 0.729. The lowest BCUT2D eigenvalue weighted by atomic mass is 10.2. The summed E-state index contributed by atoms with van der Waals surface area (Å²) < 4.78 is 27.1. The van der Waals surface area contributed by atoms with Gasteiger partial charge in [0.25, 0.3) is 0 Å². The number of rotatable bonds is 6. The zero-order chi connectivity index (χ0) is 14.8. The zero-order valence-electron chi connectivity index (χ0n) is 11.1. The molecule has 2 heterocycles. The highest BCUT2D eigenvalue weighted by Crippen LogP contribution is 2.20. The van der Waals surface area contributed by atoms with E-state index in [1.807, 2.05) is 12.3 Å². The number of nitrogens with zero attached hydrogens (tertiary/aromatic N) is 2. The molecule has 0 amide bonds. The van der Waals surface area contributed by atoms with Gasteiger partial charge in [-0.1, -0.05) is 6.92 Å². The second kappa shape index (κ2) is 6.00. The molecule has 2 aromatic heterocycles. The van der Waals surface area contributed by atoms with Gasteiger partial charge in [0.1, 0.15) is 10.6 Å². The molecule has 0 radical (unpaired) electrons. The molecule has 0 saturated heterocycles. The maximum absolute atomic E-state index is 12.3. The second-order valence-corrected chi connectivity index (χ2v) is 7.04. The molecule has 0 aliphatic rings. The number of aliphatic hydroxyl groups excluding tert-OH is 1. The fraction of sp³-hybridized carbons (Fsp3) is 0.455. The molecular weight excluding hydrogens is 300 g/mol. The Bertz CT molecular complexity index is 664. The first-order valence-electron chi connectivity index (χ1n) is 5.99. The Morgan fingerprint density at radius 2 is 2.30 bits per heavy atom. The Hall–Kier alpha value is -1.29. The number of aromatic amines is 1. The van der Waals surface area contributed by atoms with Gasteiger partial charge in [0.05, 0.1) is 17.3 Å². The molecular formula is C11H16N4O3S2. The summed E-state index contributed by atoms with van der Waals surface area (Å²) in [6, 6.07) is 0. The molecule has 2 rings (SSSR count). The van der Waals surface area contributed by atoms with Gasteiger partial charge in [0.15, 0.2) is 0 Å². The summed E-state index contributed by atoms with van der Waals surface area (Å²) in [5.41, 5.74) is 0.528. The van der Waals surface area contributed by atoms with Crippen LogP contribution in [0.4, 0.5) is 0 Å². The third-order valence-electron chi connectivity index (χ3n) is 2.83. The monoisotopic (exact) mass is 316 g/mol. The van der Waals surface area contributed by atoms with E-state index >= 15 is 0 Å². The summed E-state index contributed by atoms with van der Waals surface area (Å²) >= 11 is 1.49. The van der Waals surface area contributed by atoms with E-state index in [4.69, 9.17) is 5.11 Å². The first-order chi connectivity index (χ1) is 9.45. The lowest BCUT2D eigenvalue weighted by molar-refractivity contribution is 0.273. The molecule has 9 heteroatoms. The van der Waals surface area contributed by atoms with Gasteiger partial charge < -0.3 is 5.11 Å². The lowest BCUT2D eigenvalue weighted by Crippen LogP contribution is -2.28. The van der Waals surface area contributed by atoms with Crippen molar-refractivity contribution in [2.75, 3.05) is 6.54 Å². The number of aryl methyl sites for hydroxylation is 1. The summed E-state index contributed by atoms with van der Waals surface area (Å²) in [4.78, 5) is 4.18. The second-order valence-electron chi connectivity index (χ2n) is 4.41. The maximum atomic E-state index is 12.3. The van der Waals surface area contributed by atoms with Crippen LogP contribution >= 0.6 is 11.3 Å². The van der Waals surface area contributed by atoms with Crippen molar-refractivity contribution in [3.05, 3.63) is 28.0 Å². The van der Waals surface area contributed by atoms with Gasteiger partial charge in [-0.05, 0) is 6.92 Å². The van der Waals surface area contributed by atoms with Crippen LogP contribution in [-0.4, -0.2) is 35.3 Å². The predicted octanol–water partition coefficient (Wildman–Crippen LogP) is 0.749. The molecule has 0 fully saturated rings. The summed E-state index contributed by atoms with van der Waals surface area (Å²) in [6.45, 7) is 3.31. The van der Waals surface area contributed by atoms with Crippen LogP contribution in [0, 0.1) is 6.92 Å². The first-order valence-corrected chi connectivity index (χ1v) is 8.35. The number of thiazole rings is 1.